The Morgan fingerprint density at radius 1 is 1.03 bits per heavy atom. The maximum atomic E-state index is 13.1. The quantitative estimate of drug-likeness (QED) is 0.461. The van der Waals surface area contributed by atoms with Crippen molar-refractivity contribution in [2.24, 2.45) is 0 Å². The predicted molar refractivity (Wildman–Crippen MR) is 122 cm³/mol. The smallest absolute Gasteiger partial charge is 0.233 e. The summed E-state index contributed by atoms with van der Waals surface area (Å²) in [5.74, 6) is 1.17. The van der Waals surface area contributed by atoms with E-state index in [0.29, 0.717) is 16.7 Å². The number of carbonyl (C=O) groups excluding carboxylic acids is 1. The maximum absolute atomic E-state index is 13.1. The Bertz CT molecular complexity index is 935. The van der Waals surface area contributed by atoms with Crippen LogP contribution in [0.5, 0.6) is 0 Å². The van der Waals surface area contributed by atoms with Gasteiger partial charge in [0.2, 0.25) is 5.91 Å². The molecule has 3 rings (SSSR count). The molecule has 158 valence electrons. The molecule has 2 unspecified atom stereocenters. The normalized spacial score (nSPS) is 13.1. The predicted octanol–water partition coefficient (Wildman–Crippen LogP) is 4.85. The van der Waals surface area contributed by atoms with Crippen molar-refractivity contribution in [2.75, 3.05) is 5.75 Å². The van der Waals surface area contributed by atoms with Gasteiger partial charge in [-0.25, -0.2) is 0 Å². The number of carbonyl (C=O) groups is 1. The molecule has 0 spiro atoms. The fraction of sp³-hybridized carbons (Fsp3) is 0.391. The molecule has 0 N–H and O–H groups in total. The number of amides is 1. The Morgan fingerprint density at radius 3 is 2.33 bits per heavy atom. The first-order chi connectivity index (χ1) is 14.6. The van der Waals surface area contributed by atoms with Crippen LogP contribution >= 0.6 is 11.8 Å². The lowest BCUT2D eigenvalue weighted by Crippen LogP contribution is -2.45. The SMILES string of the molecule is CCC(C)N(C(=O)CSc1nnc(-c2cccnc2)n1-c1ccccc1)C(C)CC. The number of thioether (sulfide) groups is 1. The molecule has 1 amide bonds. The van der Waals surface area contributed by atoms with Gasteiger partial charge in [0.25, 0.3) is 0 Å². The number of hydrogen-bond donors (Lipinski definition) is 0. The highest BCUT2D eigenvalue weighted by atomic mass is 32.2. The zero-order valence-electron chi connectivity index (χ0n) is 18.0. The van der Waals surface area contributed by atoms with Crippen LogP contribution in [0.2, 0.25) is 0 Å². The van der Waals surface area contributed by atoms with Crippen molar-refractivity contribution in [3.63, 3.8) is 0 Å². The summed E-state index contributed by atoms with van der Waals surface area (Å²) in [6, 6.07) is 14.2. The number of aromatic nitrogens is 4. The molecule has 0 fully saturated rings. The van der Waals surface area contributed by atoms with Crippen molar-refractivity contribution in [1.82, 2.24) is 24.6 Å². The van der Waals surface area contributed by atoms with Gasteiger partial charge >= 0.3 is 0 Å². The second-order valence-electron chi connectivity index (χ2n) is 7.32. The molecular formula is C23H29N5OS. The first-order valence-corrected chi connectivity index (χ1v) is 11.4. The van der Waals surface area contributed by atoms with Crippen molar-refractivity contribution in [1.29, 1.82) is 0 Å². The molecule has 0 radical (unpaired) electrons. The van der Waals surface area contributed by atoms with Crippen LogP contribution in [0.4, 0.5) is 0 Å². The fourth-order valence-electron chi connectivity index (χ4n) is 3.38. The lowest BCUT2D eigenvalue weighted by atomic mass is 10.1. The minimum Gasteiger partial charge on any atom is -0.337 e. The van der Waals surface area contributed by atoms with E-state index < -0.39 is 0 Å². The molecule has 2 atom stereocenters. The Hall–Kier alpha value is -2.67. The fourth-order valence-corrected chi connectivity index (χ4v) is 4.20. The third kappa shape index (κ3) is 4.90. The van der Waals surface area contributed by atoms with E-state index in [4.69, 9.17) is 0 Å². The molecule has 1 aromatic carbocycles. The summed E-state index contributed by atoms with van der Waals surface area (Å²) in [5.41, 5.74) is 1.84. The van der Waals surface area contributed by atoms with E-state index in [0.717, 1.165) is 24.1 Å². The van der Waals surface area contributed by atoms with Gasteiger partial charge < -0.3 is 4.90 Å². The van der Waals surface area contributed by atoms with E-state index >= 15 is 0 Å². The highest BCUT2D eigenvalue weighted by Crippen LogP contribution is 2.28. The molecule has 3 aromatic rings. The van der Waals surface area contributed by atoms with Gasteiger partial charge in [-0.05, 0) is 51.0 Å². The second kappa shape index (κ2) is 10.4. The van der Waals surface area contributed by atoms with E-state index in [2.05, 4.69) is 42.9 Å². The molecule has 6 nitrogen and oxygen atoms in total. The van der Waals surface area contributed by atoms with Crippen LogP contribution in [0, 0.1) is 0 Å². The van der Waals surface area contributed by atoms with E-state index in [1.165, 1.54) is 11.8 Å². The van der Waals surface area contributed by atoms with Crippen LogP contribution in [0.3, 0.4) is 0 Å². The van der Waals surface area contributed by atoms with E-state index in [1.807, 2.05) is 51.9 Å². The third-order valence-corrected chi connectivity index (χ3v) is 6.23. The van der Waals surface area contributed by atoms with Gasteiger partial charge in [0, 0.05) is 35.7 Å². The number of pyridine rings is 1. The second-order valence-corrected chi connectivity index (χ2v) is 8.27. The topological polar surface area (TPSA) is 63.9 Å². The van der Waals surface area contributed by atoms with E-state index in [-0.39, 0.29) is 18.0 Å². The van der Waals surface area contributed by atoms with Gasteiger partial charge in [-0.3, -0.25) is 14.3 Å². The van der Waals surface area contributed by atoms with Gasteiger partial charge in [-0.2, -0.15) is 0 Å². The lowest BCUT2D eigenvalue weighted by molar-refractivity contribution is -0.132. The molecule has 0 saturated carbocycles. The van der Waals surface area contributed by atoms with E-state index in [1.54, 1.807) is 12.4 Å². The summed E-state index contributed by atoms with van der Waals surface area (Å²) in [6.45, 7) is 8.46. The van der Waals surface area contributed by atoms with Crippen LogP contribution in [0.1, 0.15) is 40.5 Å². The number of benzene rings is 1. The number of rotatable bonds is 9. The standard InChI is InChI=1S/C23H29N5OS/c1-5-17(3)27(18(4)6-2)21(29)16-30-23-26-25-22(19-11-10-14-24-15-19)28(23)20-12-8-7-9-13-20/h7-15,17-18H,5-6,16H2,1-4H3. The summed E-state index contributed by atoms with van der Waals surface area (Å²) >= 11 is 1.43. The lowest BCUT2D eigenvalue weighted by Gasteiger charge is -2.34. The van der Waals surface area contributed by atoms with Crippen molar-refractivity contribution in [3.05, 3.63) is 54.9 Å². The van der Waals surface area contributed by atoms with Crippen LogP contribution in [-0.4, -0.2) is 48.4 Å². The largest absolute Gasteiger partial charge is 0.337 e. The van der Waals surface area contributed by atoms with Crippen molar-refractivity contribution in [3.8, 4) is 17.1 Å². The molecule has 0 aliphatic heterocycles. The summed E-state index contributed by atoms with van der Waals surface area (Å²) in [5, 5.41) is 9.52. The highest BCUT2D eigenvalue weighted by molar-refractivity contribution is 7.99. The number of hydrogen-bond acceptors (Lipinski definition) is 5. The van der Waals surface area contributed by atoms with Gasteiger partial charge in [-0.15, -0.1) is 10.2 Å². The van der Waals surface area contributed by atoms with Crippen LogP contribution < -0.4 is 0 Å². The molecule has 2 heterocycles. The molecular weight excluding hydrogens is 394 g/mol. The zero-order valence-corrected chi connectivity index (χ0v) is 18.8. The molecule has 0 aliphatic rings. The molecule has 2 aromatic heterocycles. The monoisotopic (exact) mass is 423 g/mol. The Morgan fingerprint density at radius 2 is 1.73 bits per heavy atom. The Labute approximate surface area is 182 Å². The zero-order chi connectivity index (χ0) is 21.5. The van der Waals surface area contributed by atoms with E-state index in [9.17, 15) is 4.79 Å². The number of para-hydroxylation sites is 1. The first kappa shape index (κ1) is 22.0. The maximum Gasteiger partial charge on any atom is 0.233 e. The van der Waals surface area contributed by atoms with Gasteiger partial charge in [-0.1, -0.05) is 43.8 Å². The van der Waals surface area contributed by atoms with Crippen molar-refractivity contribution in [2.45, 2.75) is 57.8 Å². The van der Waals surface area contributed by atoms with Crippen LogP contribution in [-0.2, 0) is 4.79 Å². The summed E-state index contributed by atoms with van der Waals surface area (Å²) in [6.07, 6.45) is 5.38. The third-order valence-electron chi connectivity index (χ3n) is 5.31. The molecule has 0 saturated heterocycles. The highest BCUT2D eigenvalue weighted by Gasteiger charge is 2.25. The average molecular weight is 424 g/mol. The Balaban J connectivity index is 1.89. The summed E-state index contributed by atoms with van der Waals surface area (Å²) < 4.78 is 1.99. The van der Waals surface area contributed by atoms with Gasteiger partial charge in [0.05, 0.1) is 5.75 Å². The first-order valence-electron chi connectivity index (χ1n) is 10.4. The average Bonchev–Trinajstić information content (AvgIpc) is 3.22. The van der Waals surface area contributed by atoms with Crippen LogP contribution in [0.25, 0.3) is 17.1 Å². The van der Waals surface area contributed by atoms with Gasteiger partial charge in [0.15, 0.2) is 11.0 Å². The minimum atomic E-state index is 0.134. The molecule has 7 heteroatoms. The Kier molecular flexibility index (Phi) is 7.63. The van der Waals surface area contributed by atoms with Gasteiger partial charge in [0.1, 0.15) is 0 Å². The van der Waals surface area contributed by atoms with Crippen LogP contribution in [0.15, 0.2) is 60.0 Å². The number of nitrogens with zero attached hydrogens (tertiary/aromatic N) is 5. The van der Waals surface area contributed by atoms with Crippen molar-refractivity contribution >= 4 is 17.7 Å². The summed E-state index contributed by atoms with van der Waals surface area (Å²) in [4.78, 5) is 19.3. The summed E-state index contributed by atoms with van der Waals surface area (Å²) in [7, 11) is 0. The molecule has 30 heavy (non-hydrogen) atoms. The molecule has 0 aliphatic carbocycles. The molecule has 0 bridgehead atoms. The minimum absolute atomic E-state index is 0.134. The van der Waals surface area contributed by atoms with Crippen molar-refractivity contribution < 1.29 is 4.79 Å².